The molecule has 0 bridgehead atoms. The fourth-order valence-corrected chi connectivity index (χ4v) is 1.88. The summed E-state index contributed by atoms with van der Waals surface area (Å²) >= 11 is 0. The first-order valence-corrected chi connectivity index (χ1v) is 6.34. The van der Waals surface area contributed by atoms with E-state index in [4.69, 9.17) is 4.74 Å². The molecule has 0 fully saturated rings. The van der Waals surface area contributed by atoms with Crippen LogP contribution in [0.4, 0.5) is 0 Å². The SMILES string of the molecule is C=C(CNCC)CN(C)Cc1cccc(OC)c1. The summed E-state index contributed by atoms with van der Waals surface area (Å²) in [6.45, 7) is 9.87. The smallest absolute Gasteiger partial charge is 0.119 e. The van der Waals surface area contributed by atoms with Crippen LogP contribution in [-0.4, -0.2) is 38.7 Å². The van der Waals surface area contributed by atoms with Crippen LogP contribution >= 0.6 is 0 Å². The van der Waals surface area contributed by atoms with E-state index < -0.39 is 0 Å². The number of rotatable bonds is 8. The average Bonchev–Trinajstić information content (AvgIpc) is 2.36. The highest BCUT2D eigenvalue weighted by atomic mass is 16.5. The summed E-state index contributed by atoms with van der Waals surface area (Å²) in [6, 6.07) is 8.18. The molecule has 1 aromatic rings. The summed E-state index contributed by atoms with van der Waals surface area (Å²) in [5, 5.41) is 3.29. The van der Waals surface area contributed by atoms with Gasteiger partial charge in [-0.1, -0.05) is 25.6 Å². The first-order chi connectivity index (χ1) is 8.65. The van der Waals surface area contributed by atoms with Crippen LogP contribution in [0.3, 0.4) is 0 Å². The van der Waals surface area contributed by atoms with E-state index in [2.05, 4.69) is 42.9 Å². The van der Waals surface area contributed by atoms with Crippen LogP contribution in [0, 0.1) is 0 Å². The molecule has 18 heavy (non-hydrogen) atoms. The Bertz CT molecular complexity index is 377. The van der Waals surface area contributed by atoms with Gasteiger partial charge in [-0.15, -0.1) is 0 Å². The number of hydrogen-bond acceptors (Lipinski definition) is 3. The van der Waals surface area contributed by atoms with Crippen molar-refractivity contribution in [3.05, 3.63) is 42.0 Å². The topological polar surface area (TPSA) is 24.5 Å². The lowest BCUT2D eigenvalue weighted by Gasteiger charge is -2.18. The van der Waals surface area contributed by atoms with Crippen molar-refractivity contribution in [2.24, 2.45) is 0 Å². The highest BCUT2D eigenvalue weighted by Gasteiger charge is 2.03. The third-order valence-electron chi connectivity index (χ3n) is 2.71. The Morgan fingerprint density at radius 2 is 2.22 bits per heavy atom. The molecule has 0 heterocycles. The number of nitrogens with one attached hydrogen (secondary N) is 1. The molecule has 0 aromatic heterocycles. The third-order valence-corrected chi connectivity index (χ3v) is 2.71. The first-order valence-electron chi connectivity index (χ1n) is 6.34. The normalized spacial score (nSPS) is 10.7. The van der Waals surface area contributed by atoms with Crippen LogP contribution in [0.15, 0.2) is 36.4 Å². The lowest BCUT2D eigenvalue weighted by molar-refractivity contribution is 0.350. The van der Waals surface area contributed by atoms with Gasteiger partial charge in [-0.05, 0) is 36.9 Å². The fraction of sp³-hybridized carbons (Fsp3) is 0.467. The molecule has 1 N–H and O–H groups in total. The first kappa shape index (κ1) is 14.7. The number of hydrogen-bond donors (Lipinski definition) is 1. The second kappa shape index (κ2) is 7.90. The molecule has 3 heteroatoms. The van der Waals surface area contributed by atoms with Crippen LogP contribution in [0.5, 0.6) is 5.75 Å². The average molecular weight is 248 g/mol. The number of nitrogens with zero attached hydrogens (tertiary/aromatic N) is 1. The van der Waals surface area contributed by atoms with Crippen molar-refractivity contribution in [1.29, 1.82) is 0 Å². The maximum absolute atomic E-state index is 5.22. The van der Waals surface area contributed by atoms with Crippen molar-refractivity contribution >= 4 is 0 Å². The molecule has 100 valence electrons. The Hall–Kier alpha value is -1.32. The quantitative estimate of drug-likeness (QED) is 0.714. The molecule has 0 atom stereocenters. The third kappa shape index (κ3) is 5.34. The zero-order chi connectivity index (χ0) is 13.4. The molecule has 0 aliphatic carbocycles. The molecule has 0 saturated carbocycles. The van der Waals surface area contributed by atoms with Gasteiger partial charge in [0.1, 0.15) is 5.75 Å². The number of methoxy groups -OCH3 is 1. The molecular formula is C15H24N2O. The van der Waals surface area contributed by atoms with Crippen LogP contribution in [-0.2, 0) is 6.54 Å². The molecule has 0 spiro atoms. The molecule has 0 amide bonds. The lowest BCUT2D eigenvalue weighted by atomic mass is 10.2. The van der Waals surface area contributed by atoms with Gasteiger partial charge in [0.15, 0.2) is 0 Å². The van der Waals surface area contributed by atoms with Gasteiger partial charge >= 0.3 is 0 Å². The maximum atomic E-state index is 5.22. The molecule has 3 nitrogen and oxygen atoms in total. The predicted molar refractivity (Wildman–Crippen MR) is 77.0 cm³/mol. The number of ether oxygens (including phenoxy) is 1. The van der Waals surface area contributed by atoms with E-state index in [1.54, 1.807) is 7.11 Å². The molecule has 0 saturated heterocycles. The second-order valence-electron chi connectivity index (χ2n) is 4.55. The Morgan fingerprint density at radius 3 is 2.89 bits per heavy atom. The van der Waals surface area contributed by atoms with Gasteiger partial charge in [0.05, 0.1) is 7.11 Å². The Labute approximate surface area is 110 Å². The summed E-state index contributed by atoms with van der Waals surface area (Å²) in [6.07, 6.45) is 0. The van der Waals surface area contributed by atoms with Gasteiger partial charge in [0, 0.05) is 19.6 Å². The molecular weight excluding hydrogens is 224 g/mol. The van der Waals surface area contributed by atoms with Crippen molar-refractivity contribution in [3.8, 4) is 5.75 Å². The highest BCUT2D eigenvalue weighted by Crippen LogP contribution is 2.14. The van der Waals surface area contributed by atoms with Gasteiger partial charge in [-0.3, -0.25) is 4.90 Å². The lowest BCUT2D eigenvalue weighted by Crippen LogP contribution is -2.25. The summed E-state index contributed by atoms with van der Waals surface area (Å²) < 4.78 is 5.22. The zero-order valence-electron chi connectivity index (χ0n) is 11.7. The van der Waals surface area contributed by atoms with Crippen molar-refractivity contribution in [1.82, 2.24) is 10.2 Å². The largest absolute Gasteiger partial charge is 0.497 e. The minimum atomic E-state index is 0.888. The predicted octanol–water partition coefficient (Wildman–Crippen LogP) is 2.29. The van der Waals surface area contributed by atoms with E-state index in [-0.39, 0.29) is 0 Å². The van der Waals surface area contributed by atoms with Gasteiger partial charge in [-0.25, -0.2) is 0 Å². The molecule has 0 unspecified atom stereocenters. The van der Waals surface area contributed by atoms with E-state index >= 15 is 0 Å². The van der Waals surface area contributed by atoms with Crippen LogP contribution < -0.4 is 10.1 Å². The number of benzene rings is 1. The Balaban J connectivity index is 2.43. The Kier molecular flexibility index (Phi) is 6.47. The molecule has 0 aliphatic heterocycles. The number of likely N-dealkylation sites (N-methyl/N-ethyl adjacent to an activating group) is 2. The van der Waals surface area contributed by atoms with Crippen molar-refractivity contribution in [2.75, 3.05) is 33.8 Å². The molecule has 1 aromatic carbocycles. The van der Waals surface area contributed by atoms with E-state index in [1.807, 2.05) is 12.1 Å². The van der Waals surface area contributed by atoms with Crippen LogP contribution in [0.2, 0.25) is 0 Å². The van der Waals surface area contributed by atoms with E-state index in [9.17, 15) is 0 Å². The summed E-state index contributed by atoms with van der Waals surface area (Å²) in [7, 11) is 3.80. The molecule has 1 rings (SSSR count). The zero-order valence-corrected chi connectivity index (χ0v) is 11.7. The maximum Gasteiger partial charge on any atom is 0.119 e. The fourth-order valence-electron chi connectivity index (χ4n) is 1.88. The van der Waals surface area contributed by atoms with Crippen molar-refractivity contribution < 1.29 is 4.74 Å². The molecule has 0 radical (unpaired) electrons. The van der Waals surface area contributed by atoms with Crippen molar-refractivity contribution in [2.45, 2.75) is 13.5 Å². The van der Waals surface area contributed by atoms with Gasteiger partial charge in [0.25, 0.3) is 0 Å². The highest BCUT2D eigenvalue weighted by molar-refractivity contribution is 5.28. The Morgan fingerprint density at radius 1 is 1.44 bits per heavy atom. The van der Waals surface area contributed by atoms with Gasteiger partial charge in [0.2, 0.25) is 0 Å². The van der Waals surface area contributed by atoms with Crippen LogP contribution in [0.25, 0.3) is 0 Å². The van der Waals surface area contributed by atoms with E-state index in [0.717, 1.165) is 31.9 Å². The van der Waals surface area contributed by atoms with Gasteiger partial charge < -0.3 is 10.1 Å². The molecule has 0 aliphatic rings. The van der Waals surface area contributed by atoms with E-state index in [1.165, 1.54) is 11.1 Å². The van der Waals surface area contributed by atoms with E-state index in [0.29, 0.717) is 0 Å². The monoisotopic (exact) mass is 248 g/mol. The summed E-state index contributed by atoms with van der Waals surface area (Å²) in [5.74, 6) is 0.910. The summed E-state index contributed by atoms with van der Waals surface area (Å²) in [4.78, 5) is 2.26. The summed E-state index contributed by atoms with van der Waals surface area (Å²) in [5.41, 5.74) is 2.47. The van der Waals surface area contributed by atoms with Crippen LogP contribution in [0.1, 0.15) is 12.5 Å². The minimum absolute atomic E-state index is 0.888. The second-order valence-corrected chi connectivity index (χ2v) is 4.55. The minimum Gasteiger partial charge on any atom is -0.497 e. The van der Waals surface area contributed by atoms with Gasteiger partial charge in [-0.2, -0.15) is 0 Å². The standard InChI is InChI=1S/C15H24N2O/c1-5-16-10-13(2)11-17(3)12-14-7-6-8-15(9-14)18-4/h6-9,16H,2,5,10-12H2,1,3-4H3. The van der Waals surface area contributed by atoms with Crippen molar-refractivity contribution in [3.63, 3.8) is 0 Å².